The molecule has 5 heteroatoms. The van der Waals surface area contributed by atoms with Gasteiger partial charge in [-0.05, 0) is 12.1 Å². The van der Waals surface area contributed by atoms with Gasteiger partial charge in [-0.15, -0.1) is 0 Å². The first-order valence-electron chi connectivity index (χ1n) is 5.44. The Labute approximate surface area is 99.6 Å². The molecule has 1 aliphatic rings. The molecule has 0 bridgehead atoms. The highest BCUT2D eigenvalue weighted by atomic mass is 16.5. The lowest BCUT2D eigenvalue weighted by Crippen LogP contribution is -2.43. The summed E-state index contributed by atoms with van der Waals surface area (Å²) in [4.78, 5) is 13.6. The molecule has 5 nitrogen and oxygen atoms in total. The highest BCUT2D eigenvalue weighted by molar-refractivity contribution is 5.90. The molecule has 1 aromatic rings. The average Bonchev–Trinajstić information content (AvgIpc) is 2.40. The van der Waals surface area contributed by atoms with Crippen molar-refractivity contribution in [1.29, 1.82) is 5.26 Å². The van der Waals surface area contributed by atoms with Crippen LogP contribution in [0.4, 0.5) is 10.5 Å². The molecule has 0 aliphatic carbocycles. The molecule has 1 N–H and O–H groups in total. The molecule has 0 radical (unpaired) electrons. The van der Waals surface area contributed by atoms with Crippen molar-refractivity contribution < 1.29 is 9.53 Å². The molecule has 0 spiro atoms. The Morgan fingerprint density at radius 2 is 2.06 bits per heavy atom. The molecule has 2 amide bonds. The quantitative estimate of drug-likeness (QED) is 0.795. The molecule has 0 unspecified atom stereocenters. The third-order valence-corrected chi connectivity index (χ3v) is 2.59. The van der Waals surface area contributed by atoms with Gasteiger partial charge in [-0.3, -0.25) is 0 Å². The van der Waals surface area contributed by atoms with Crippen LogP contribution in [0.1, 0.15) is 5.56 Å². The molecule has 2 rings (SSSR count). The third-order valence-electron chi connectivity index (χ3n) is 2.59. The fourth-order valence-corrected chi connectivity index (χ4v) is 1.65. The number of carbonyl (C=O) groups excluding carboxylic acids is 1. The maximum absolute atomic E-state index is 11.9. The van der Waals surface area contributed by atoms with Crippen LogP contribution in [0.3, 0.4) is 0 Å². The molecule has 1 aromatic carbocycles. The Balaban J connectivity index is 2.05. The van der Waals surface area contributed by atoms with Crippen LogP contribution in [-0.4, -0.2) is 37.2 Å². The van der Waals surface area contributed by atoms with Gasteiger partial charge in [0, 0.05) is 13.1 Å². The molecule has 0 atom stereocenters. The zero-order valence-corrected chi connectivity index (χ0v) is 9.35. The van der Waals surface area contributed by atoms with Crippen molar-refractivity contribution in [2.75, 3.05) is 31.6 Å². The highest BCUT2D eigenvalue weighted by Gasteiger charge is 2.17. The number of anilines is 1. The fraction of sp³-hybridized carbons (Fsp3) is 0.333. The van der Waals surface area contributed by atoms with Gasteiger partial charge in [-0.1, -0.05) is 12.1 Å². The van der Waals surface area contributed by atoms with Crippen LogP contribution in [0.5, 0.6) is 0 Å². The second-order valence-electron chi connectivity index (χ2n) is 3.69. The molecule has 17 heavy (non-hydrogen) atoms. The minimum absolute atomic E-state index is 0.184. The van der Waals surface area contributed by atoms with Crippen LogP contribution in [0, 0.1) is 11.3 Å². The van der Waals surface area contributed by atoms with E-state index in [4.69, 9.17) is 10.00 Å². The molecular formula is C12H13N3O2. The highest BCUT2D eigenvalue weighted by Crippen LogP contribution is 2.14. The summed E-state index contributed by atoms with van der Waals surface area (Å²) in [6.45, 7) is 2.29. The number of ether oxygens (including phenoxy) is 1. The molecule has 1 aliphatic heterocycles. The zero-order chi connectivity index (χ0) is 12.1. The van der Waals surface area contributed by atoms with Gasteiger partial charge in [-0.2, -0.15) is 5.26 Å². The number of benzene rings is 1. The molecule has 88 valence electrons. The van der Waals surface area contributed by atoms with E-state index >= 15 is 0 Å². The van der Waals surface area contributed by atoms with Crippen molar-refractivity contribution in [1.82, 2.24) is 4.90 Å². The van der Waals surface area contributed by atoms with Crippen molar-refractivity contribution in [3.8, 4) is 6.07 Å². The first kappa shape index (κ1) is 11.4. The van der Waals surface area contributed by atoms with Crippen molar-refractivity contribution in [2.45, 2.75) is 0 Å². The minimum atomic E-state index is -0.184. The number of nitrogens with one attached hydrogen (secondary N) is 1. The van der Waals surface area contributed by atoms with Gasteiger partial charge >= 0.3 is 6.03 Å². The lowest BCUT2D eigenvalue weighted by Gasteiger charge is -2.27. The summed E-state index contributed by atoms with van der Waals surface area (Å²) in [5.74, 6) is 0. The molecule has 1 heterocycles. The number of urea groups is 1. The van der Waals surface area contributed by atoms with E-state index in [0.29, 0.717) is 37.6 Å². The summed E-state index contributed by atoms with van der Waals surface area (Å²) in [7, 11) is 0. The Morgan fingerprint density at radius 3 is 2.76 bits per heavy atom. The Bertz CT molecular complexity index is 447. The van der Waals surface area contributed by atoms with Crippen molar-refractivity contribution in [2.24, 2.45) is 0 Å². The zero-order valence-electron chi connectivity index (χ0n) is 9.35. The number of para-hydroxylation sites is 1. The topological polar surface area (TPSA) is 65.4 Å². The van der Waals surface area contributed by atoms with E-state index in [2.05, 4.69) is 5.32 Å². The Kier molecular flexibility index (Phi) is 3.58. The predicted molar refractivity (Wildman–Crippen MR) is 62.6 cm³/mol. The molecule has 1 fully saturated rings. The van der Waals surface area contributed by atoms with Crippen molar-refractivity contribution >= 4 is 11.7 Å². The monoisotopic (exact) mass is 231 g/mol. The summed E-state index contributed by atoms with van der Waals surface area (Å²) in [6.07, 6.45) is 0. The number of morpholine rings is 1. The second-order valence-corrected chi connectivity index (χ2v) is 3.69. The van der Waals surface area contributed by atoms with E-state index in [0.717, 1.165) is 0 Å². The maximum atomic E-state index is 11.9. The SMILES string of the molecule is N#Cc1ccccc1NC(=O)N1CCOCC1. The summed E-state index contributed by atoms with van der Waals surface area (Å²) in [5, 5.41) is 11.6. The minimum Gasteiger partial charge on any atom is -0.378 e. The third kappa shape index (κ3) is 2.74. The standard InChI is InChI=1S/C12H13N3O2/c13-9-10-3-1-2-4-11(10)14-12(16)15-5-7-17-8-6-15/h1-4H,5-8H2,(H,14,16). The van der Waals surface area contributed by atoms with Crippen LogP contribution in [-0.2, 0) is 4.74 Å². The number of nitrogens with zero attached hydrogens (tertiary/aromatic N) is 2. The van der Waals surface area contributed by atoms with Crippen LogP contribution in [0.25, 0.3) is 0 Å². The van der Waals surface area contributed by atoms with Gasteiger partial charge in [0.15, 0.2) is 0 Å². The van der Waals surface area contributed by atoms with Gasteiger partial charge in [0.2, 0.25) is 0 Å². The van der Waals surface area contributed by atoms with E-state index < -0.39 is 0 Å². The van der Waals surface area contributed by atoms with E-state index in [1.807, 2.05) is 6.07 Å². The first-order valence-corrected chi connectivity index (χ1v) is 5.44. The number of nitriles is 1. The summed E-state index contributed by atoms with van der Waals surface area (Å²) < 4.78 is 5.17. The van der Waals surface area contributed by atoms with Gasteiger partial charge in [0.05, 0.1) is 24.5 Å². The lowest BCUT2D eigenvalue weighted by molar-refractivity contribution is 0.0564. The number of hydrogen-bond donors (Lipinski definition) is 1. The second kappa shape index (κ2) is 5.32. The largest absolute Gasteiger partial charge is 0.378 e. The van der Waals surface area contributed by atoms with E-state index in [9.17, 15) is 4.79 Å². The molecule has 1 saturated heterocycles. The fourth-order valence-electron chi connectivity index (χ4n) is 1.65. The summed E-state index contributed by atoms with van der Waals surface area (Å²) in [6, 6.07) is 8.81. The lowest BCUT2D eigenvalue weighted by atomic mass is 10.2. The Morgan fingerprint density at radius 1 is 1.35 bits per heavy atom. The smallest absolute Gasteiger partial charge is 0.322 e. The summed E-state index contributed by atoms with van der Waals surface area (Å²) >= 11 is 0. The predicted octanol–water partition coefficient (Wildman–Crippen LogP) is 1.42. The molecular weight excluding hydrogens is 218 g/mol. The van der Waals surface area contributed by atoms with Crippen LogP contribution in [0.15, 0.2) is 24.3 Å². The van der Waals surface area contributed by atoms with Crippen LogP contribution >= 0.6 is 0 Å². The van der Waals surface area contributed by atoms with Crippen LogP contribution in [0.2, 0.25) is 0 Å². The van der Waals surface area contributed by atoms with Crippen molar-refractivity contribution in [3.05, 3.63) is 29.8 Å². The van der Waals surface area contributed by atoms with E-state index in [1.54, 1.807) is 29.2 Å². The number of carbonyl (C=O) groups is 1. The number of hydrogen-bond acceptors (Lipinski definition) is 3. The van der Waals surface area contributed by atoms with E-state index in [-0.39, 0.29) is 6.03 Å². The number of rotatable bonds is 1. The van der Waals surface area contributed by atoms with Gasteiger partial charge in [0.25, 0.3) is 0 Å². The number of amides is 2. The first-order chi connectivity index (χ1) is 8.31. The van der Waals surface area contributed by atoms with Crippen molar-refractivity contribution in [3.63, 3.8) is 0 Å². The Hall–Kier alpha value is -2.06. The maximum Gasteiger partial charge on any atom is 0.322 e. The van der Waals surface area contributed by atoms with Gasteiger partial charge in [0.1, 0.15) is 6.07 Å². The van der Waals surface area contributed by atoms with E-state index in [1.165, 1.54) is 0 Å². The van der Waals surface area contributed by atoms with Gasteiger partial charge in [-0.25, -0.2) is 4.79 Å². The van der Waals surface area contributed by atoms with Gasteiger partial charge < -0.3 is 15.0 Å². The molecule has 0 saturated carbocycles. The van der Waals surface area contributed by atoms with Crippen LogP contribution < -0.4 is 5.32 Å². The average molecular weight is 231 g/mol. The normalized spacial score (nSPS) is 15.1. The summed E-state index contributed by atoms with van der Waals surface area (Å²) in [5.41, 5.74) is 1.01. The molecule has 0 aromatic heterocycles.